The number of halogens is 4. The van der Waals surface area contributed by atoms with Gasteiger partial charge in [-0.15, -0.1) is 0 Å². The first-order valence-corrected chi connectivity index (χ1v) is 10.1. The lowest BCUT2D eigenvalue weighted by molar-refractivity contribution is 0.422. The van der Waals surface area contributed by atoms with E-state index in [0.29, 0.717) is 3.57 Å². The van der Waals surface area contributed by atoms with Crippen LogP contribution in [0.15, 0.2) is 41.1 Å². The van der Waals surface area contributed by atoms with Gasteiger partial charge in [0, 0.05) is 22.2 Å². The van der Waals surface area contributed by atoms with Crippen molar-refractivity contribution < 1.29 is 26.1 Å². The molecule has 0 aliphatic rings. The molecule has 0 fully saturated rings. The van der Waals surface area contributed by atoms with Crippen LogP contribution >= 0.6 is 22.6 Å². The van der Waals surface area contributed by atoms with Crippen molar-refractivity contribution in [2.75, 3.05) is 17.1 Å². The summed E-state index contributed by atoms with van der Waals surface area (Å²) in [6, 6.07) is 6.12. The topological polar surface area (TPSA) is 96.3 Å². The molecule has 28 heavy (non-hydrogen) atoms. The minimum atomic E-state index is -4.13. The highest BCUT2D eigenvalue weighted by atomic mass is 127. The second kappa shape index (κ2) is 7.97. The molecule has 1 aromatic heterocycles. The van der Waals surface area contributed by atoms with E-state index in [1.807, 2.05) is 27.3 Å². The van der Waals surface area contributed by atoms with Crippen LogP contribution in [0.3, 0.4) is 0 Å². The zero-order valence-corrected chi connectivity index (χ0v) is 17.0. The van der Waals surface area contributed by atoms with Crippen LogP contribution in [0.5, 0.6) is 0 Å². The van der Waals surface area contributed by atoms with E-state index in [9.17, 15) is 21.6 Å². The maximum Gasteiger partial charge on any atom is 0.298 e. The van der Waals surface area contributed by atoms with Crippen LogP contribution in [-0.2, 0) is 10.2 Å². The van der Waals surface area contributed by atoms with Crippen LogP contribution in [-0.4, -0.2) is 20.6 Å². The number of hydrogen-bond acceptors (Lipinski definition) is 5. The average molecular weight is 524 g/mol. The number of hydrogen-bond donors (Lipinski definition) is 3. The summed E-state index contributed by atoms with van der Waals surface area (Å²) in [6.45, 7) is 0. The molecule has 0 unspecified atom stereocenters. The van der Waals surface area contributed by atoms with Gasteiger partial charge in [0.15, 0.2) is 11.6 Å². The van der Waals surface area contributed by atoms with Gasteiger partial charge in [0.25, 0.3) is 10.2 Å². The van der Waals surface area contributed by atoms with Gasteiger partial charge in [0.1, 0.15) is 23.5 Å². The maximum absolute atomic E-state index is 14.6. The summed E-state index contributed by atoms with van der Waals surface area (Å²) in [5.74, 6) is -3.43. The van der Waals surface area contributed by atoms with Crippen molar-refractivity contribution in [1.82, 2.24) is 9.88 Å². The smallest absolute Gasteiger partial charge is 0.298 e. The zero-order chi connectivity index (χ0) is 20.5. The summed E-state index contributed by atoms with van der Waals surface area (Å²) in [7, 11) is -3.00. The van der Waals surface area contributed by atoms with Crippen LogP contribution < -0.4 is 14.8 Å². The normalized spacial score (nSPS) is 11.5. The summed E-state index contributed by atoms with van der Waals surface area (Å²) < 4.78 is 76.5. The number of nitrogens with zero attached hydrogens (tertiary/aromatic N) is 1. The first kappa shape index (κ1) is 20.4. The zero-order valence-electron chi connectivity index (χ0n) is 14.1. The van der Waals surface area contributed by atoms with E-state index in [1.54, 1.807) is 6.07 Å². The summed E-state index contributed by atoms with van der Waals surface area (Å²) in [6.07, 6.45) is 1.18. The molecule has 0 atom stereocenters. The minimum Gasteiger partial charge on any atom is -0.364 e. The van der Waals surface area contributed by atoms with Crippen LogP contribution in [0.1, 0.15) is 0 Å². The molecule has 0 amide bonds. The highest BCUT2D eigenvalue weighted by Gasteiger charge is 2.24. The van der Waals surface area contributed by atoms with Crippen LogP contribution in [0, 0.1) is 21.0 Å². The molecule has 0 radical (unpaired) electrons. The Kier molecular flexibility index (Phi) is 5.81. The van der Waals surface area contributed by atoms with E-state index >= 15 is 0 Å². The Bertz CT molecular complexity index is 1120. The van der Waals surface area contributed by atoms with Gasteiger partial charge in [0.05, 0.1) is 11.4 Å². The predicted octanol–water partition coefficient (Wildman–Crippen LogP) is 3.98. The Labute approximate surface area is 171 Å². The largest absolute Gasteiger partial charge is 0.364 e. The van der Waals surface area contributed by atoms with Crippen LogP contribution in [0.25, 0.3) is 11.3 Å². The van der Waals surface area contributed by atoms with Gasteiger partial charge in [-0.2, -0.15) is 8.42 Å². The second-order valence-corrected chi connectivity index (χ2v) is 8.28. The summed E-state index contributed by atoms with van der Waals surface area (Å²) in [5.41, 5.74) is -1.24. The standard InChI is InChI=1S/C16H12F3IN4O3S/c1-21-28(25,26)24-15-9(12-4-5-27-23-12)7-11(18)14(19)16(15)22-13-3-2-8(20)6-10(13)17/h2-7,21-22,24H,1H3. The van der Waals surface area contributed by atoms with Gasteiger partial charge in [-0.05, 0) is 46.9 Å². The van der Waals surface area contributed by atoms with E-state index in [4.69, 9.17) is 4.52 Å². The third-order valence-electron chi connectivity index (χ3n) is 3.63. The van der Waals surface area contributed by atoms with Crippen molar-refractivity contribution in [1.29, 1.82) is 0 Å². The quantitative estimate of drug-likeness (QED) is 0.424. The van der Waals surface area contributed by atoms with Gasteiger partial charge >= 0.3 is 0 Å². The van der Waals surface area contributed by atoms with Crippen LogP contribution in [0.2, 0.25) is 0 Å². The van der Waals surface area contributed by atoms with Gasteiger partial charge in [0.2, 0.25) is 0 Å². The molecule has 0 spiro atoms. The highest BCUT2D eigenvalue weighted by Crippen LogP contribution is 2.39. The Balaban J connectivity index is 2.24. The number of benzene rings is 2. The monoisotopic (exact) mass is 524 g/mol. The first-order chi connectivity index (χ1) is 13.2. The molecule has 148 valence electrons. The first-order valence-electron chi connectivity index (χ1n) is 7.58. The fourth-order valence-corrected chi connectivity index (χ4v) is 3.35. The fraction of sp³-hybridized carbons (Fsp3) is 0.0625. The van der Waals surface area contributed by atoms with Gasteiger partial charge < -0.3 is 9.84 Å². The molecule has 7 nitrogen and oxygen atoms in total. The lowest BCUT2D eigenvalue weighted by Gasteiger charge is -2.18. The van der Waals surface area contributed by atoms with E-state index < -0.39 is 33.3 Å². The van der Waals surface area contributed by atoms with Crippen LogP contribution in [0.4, 0.5) is 30.2 Å². The molecule has 3 aromatic rings. The molecular formula is C16H12F3IN4O3S. The molecule has 0 aliphatic heterocycles. The van der Waals surface area contributed by atoms with Crippen molar-refractivity contribution in [2.45, 2.75) is 0 Å². The lowest BCUT2D eigenvalue weighted by atomic mass is 10.1. The Hall–Kier alpha value is -2.32. The molecule has 2 aromatic carbocycles. The van der Waals surface area contributed by atoms with Crippen molar-refractivity contribution in [3.63, 3.8) is 0 Å². The third kappa shape index (κ3) is 4.23. The van der Waals surface area contributed by atoms with E-state index in [1.165, 1.54) is 24.5 Å². The SMILES string of the molecule is CNS(=O)(=O)Nc1c(-c2ccon2)cc(F)c(F)c1Nc1ccc(I)cc1F. The highest BCUT2D eigenvalue weighted by molar-refractivity contribution is 14.1. The lowest BCUT2D eigenvalue weighted by Crippen LogP contribution is -2.27. The number of aromatic nitrogens is 1. The molecule has 0 saturated carbocycles. The summed E-state index contributed by atoms with van der Waals surface area (Å²) in [4.78, 5) is 0. The van der Waals surface area contributed by atoms with Crippen molar-refractivity contribution >= 4 is 49.9 Å². The molecule has 1 heterocycles. The van der Waals surface area contributed by atoms with Crippen molar-refractivity contribution in [3.05, 3.63) is 57.6 Å². The van der Waals surface area contributed by atoms with Crippen molar-refractivity contribution in [2.24, 2.45) is 0 Å². The van der Waals surface area contributed by atoms with Gasteiger partial charge in [-0.3, -0.25) is 4.72 Å². The van der Waals surface area contributed by atoms with E-state index in [0.717, 1.165) is 13.1 Å². The molecule has 0 aliphatic carbocycles. The second-order valence-electron chi connectivity index (χ2n) is 5.41. The average Bonchev–Trinajstić information content (AvgIpc) is 3.17. The Morgan fingerprint density at radius 1 is 1.07 bits per heavy atom. The molecule has 3 N–H and O–H groups in total. The minimum absolute atomic E-state index is 0.0406. The maximum atomic E-state index is 14.6. The fourth-order valence-electron chi connectivity index (χ4n) is 2.31. The van der Waals surface area contributed by atoms with Crippen molar-refractivity contribution in [3.8, 4) is 11.3 Å². The Morgan fingerprint density at radius 2 is 1.82 bits per heavy atom. The number of rotatable bonds is 6. The Morgan fingerprint density at radius 3 is 2.43 bits per heavy atom. The van der Waals surface area contributed by atoms with E-state index in [-0.39, 0.29) is 22.6 Å². The third-order valence-corrected chi connectivity index (χ3v) is 5.31. The molecule has 0 saturated heterocycles. The number of anilines is 3. The summed E-state index contributed by atoms with van der Waals surface area (Å²) >= 11 is 1.89. The molecular weight excluding hydrogens is 512 g/mol. The number of nitrogens with one attached hydrogen (secondary N) is 3. The van der Waals surface area contributed by atoms with Gasteiger partial charge in [-0.25, -0.2) is 17.9 Å². The molecule has 0 bridgehead atoms. The molecule has 12 heteroatoms. The molecule has 3 rings (SSSR count). The van der Waals surface area contributed by atoms with E-state index in [2.05, 4.69) is 15.2 Å². The van der Waals surface area contributed by atoms with Gasteiger partial charge in [-0.1, -0.05) is 5.16 Å². The predicted molar refractivity (Wildman–Crippen MR) is 106 cm³/mol. The summed E-state index contributed by atoms with van der Waals surface area (Å²) in [5, 5.41) is 6.05.